The number of rotatable bonds is 3. The molecule has 3 heteroatoms. The number of imide groups is 1. The third kappa shape index (κ3) is 2.23. The lowest BCUT2D eigenvalue weighted by Crippen LogP contribution is -2.47. The molecule has 6 aliphatic rings. The average molecular weight is 327 g/mol. The molecule has 1 aliphatic heterocycles. The summed E-state index contributed by atoms with van der Waals surface area (Å²) < 4.78 is 0. The quantitative estimate of drug-likeness (QED) is 0.582. The molecule has 0 N–H and O–H groups in total. The molecule has 0 spiro atoms. The average Bonchev–Trinajstić information content (AvgIpc) is 2.75. The Balaban J connectivity index is 1.29. The van der Waals surface area contributed by atoms with E-state index in [1.807, 2.05) is 0 Å². The van der Waals surface area contributed by atoms with Gasteiger partial charge in [0.2, 0.25) is 11.8 Å². The first-order chi connectivity index (χ1) is 11.5. The first kappa shape index (κ1) is 15.2. The van der Waals surface area contributed by atoms with Crippen LogP contribution >= 0.6 is 0 Å². The van der Waals surface area contributed by atoms with Gasteiger partial charge >= 0.3 is 0 Å². The zero-order chi connectivity index (χ0) is 16.5. The molecule has 5 aliphatic carbocycles. The summed E-state index contributed by atoms with van der Waals surface area (Å²) in [4.78, 5) is 27.2. The first-order valence-corrected chi connectivity index (χ1v) is 10.0. The van der Waals surface area contributed by atoms with Crippen LogP contribution in [0.5, 0.6) is 0 Å². The first-order valence-electron chi connectivity index (χ1n) is 10.0. The van der Waals surface area contributed by atoms with Gasteiger partial charge in [-0.1, -0.05) is 11.6 Å². The summed E-state index contributed by atoms with van der Waals surface area (Å²) in [5, 5.41) is 0. The summed E-state index contributed by atoms with van der Waals surface area (Å²) in [6.07, 6.45) is 13.3. The summed E-state index contributed by atoms with van der Waals surface area (Å²) in [6, 6.07) is 0. The summed E-state index contributed by atoms with van der Waals surface area (Å²) in [5.41, 5.74) is 1.73. The van der Waals surface area contributed by atoms with Crippen LogP contribution in [0, 0.1) is 35.0 Å². The number of fused-ring (bicyclic) bond motifs is 1. The molecule has 130 valence electrons. The molecule has 5 fully saturated rings. The van der Waals surface area contributed by atoms with Gasteiger partial charge in [-0.2, -0.15) is 0 Å². The molecule has 1 heterocycles. The van der Waals surface area contributed by atoms with Crippen LogP contribution in [0.15, 0.2) is 11.6 Å². The van der Waals surface area contributed by atoms with E-state index in [-0.39, 0.29) is 23.7 Å². The summed E-state index contributed by atoms with van der Waals surface area (Å²) in [7, 11) is 0. The van der Waals surface area contributed by atoms with Crippen molar-refractivity contribution in [3.8, 4) is 0 Å². The lowest BCUT2D eigenvalue weighted by molar-refractivity contribution is -0.141. The molecule has 0 radical (unpaired) electrons. The Bertz CT molecular complexity index is 584. The van der Waals surface area contributed by atoms with Crippen molar-refractivity contribution in [2.45, 2.75) is 64.7 Å². The molecule has 0 aromatic heterocycles. The third-order valence-electron chi connectivity index (χ3n) is 7.95. The van der Waals surface area contributed by atoms with Crippen molar-refractivity contribution in [1.29, 1.82) is 0 Å². The zero-order valence-corrected chi connectivity index (χ0v) is 14.8. The highest BCUT2D eigenvalue weighted by Crippen LogP contribution is 2.61. The number of carbonyl (C=O) groups is 2. The lowest BCUT2D eigenvalue weighted by atomic mass is 9.49. The van der Waals surface area contributed by atoms with Gasteiger partial charge in [0.05, 0.1) is 11.8 Å². The number of carbonyl (C=O) groups excluding carboxylic acids is 2. The number of hydrogen-bond donors (Lipinski definition) is 0. The topological polar surface area (TPSA) is 37.4 Å². The van der Waals surface area contributed by atoms with Gasteiger partial charge in [-0.25, -0.2) is 0 Å². The number of hydrogen-bond acceptors (Lipinski definition) is 2. The van der Waals surface area contributed by atoms with Crippen molar-refractivity contribution in [3.05, 3.63) is 11.6 Å². The van der Waals surface area contributed by atoms with E-state index in [0.29, 0.717) is 12.0 Å². The molecule has 0 aromatic rings. The van der Waals surface area contributed by atoms with Gasteiger partial charge in [-0.05, 0) is 87.9 Å². The van der Waals surface area contributed by atoms with Crippen LogP contribution in [0.3, 0.4) is 0 Å². The molecule has 2 unspecified atom stereocenters. The fraction of sp³-hybridized carbons (Fsp3) is 0.810. The van der Waals surface area contributed by atoms with Crippen molar-refractivity contribution < 1.29 is 9.59 Å². The predicted molar refractivity (Wildman–Crippen MR) is 91.9 cm³/mol. The Labute approximate surface area is 144 Å². The maximum absolute atomic E-state index is 12.8. The zero-order valence-electron chi connectivity index (χ0n) is 14.8. The minimum absolute atomic E-state index is 0.0566. The molecule has 3 nitrogen and oxygen atoms in total. The largest absolute Gasteiger partial charge is 0.282 e. The highest BCUT2D eigenvalue weighted by Gasteiger charge is 2.52. The number of amides is 2. The molecule has 4 bridgehead atoms. The van der Waals surface area contributed by atoms with Crippen LogP contribution in [0.1, 0.15) is 64.7 Å². The second-order valence-corrected chi connectivity index (χ2v) is 9.70. The van der Waals surface area contributed by atoms with Gasteiger partial charge in [-0.3, -0.25) is 14.5 Å². The third-order valence-corrected chi connectivity index (χ3v) is 7.95. The van der Waals surface area contributed by atoms with Gasteiger partial charge in [-0.15, -0.1) is 0 Å². The Kier molecular flexibility index (Phi) is 3.28. The van der Waals surface area contributed by atoms with E-state index in [1.165, 1.54) is 44.1 Å². The van der Waals surface area contributed by atoms with E-state index in [9.17, 15) is 9.59 Å². The van der Waals surface area contributed by atoms with E-state index in [1.54, 1.807) is 4.90 Å². The Morgan fingerprint density at radius 2 is 1.58 bits per heavy atom. The second kappa shape index (κ2) is 5.19. The molecular formula is C21H29NO2. The lowest BCUT2D eigenvalue weighted by Gasteiger charge is -2.57. The fourth-order valence-electron chi connectivity index (χ4n) is 7.27. The Hall–Kier alpha value is -1.12. The monoisotopic (exact) mass is 327 g/mol. The van der Waals surface area contributed by atoms with E-state index in [2.05, 4.69) is 13.0 Å². The predicted octanol–water partition coefficient (Wildman–Crippen LogP) is 3.93. The van der Waals surface area contributed by atoms with Gasteiger partial charge in [0.15, 0.2) is 0 Å². The Morgan fingerprint density at radius 1 is 1.00 bits per heavy atom. The van der Waals surface area contributed by atoms with Gasteiger partial charge in [0.25, 0.3) is 0 Å². The summed E-state index contributed by atoms with van der Waals surface area (Å²) in [5.74, 6) is 2.96. The van der Waals surface area contributed by atoms with Crippen molar-refractivity contribution in [2.24, 2.45) is 35.0 Å². The van der Waals surface area contributed by atoms with Crippen LogP contribution in [-0.4, -0.2) is 23.3 Å². The highest BCUT2D eigenvalue weighted by molar-refractivity contribution is 6.05. The van der Waals surface area contributed by atoms with Crippen molar-refractivity contribution in [1.82, 2.24) is 4.90 Å². The minimum Gasteiger partial charge on any atom is -0.282 e. The summed E-state index contributed by atoms with van der Waals surface area (Å²) in [6.45, 7) is 2.78. The van der Waals surface area contributed by atoms with Crippen LogP contribution in [0.2, 0.25) is 0 Å². The number of nitrogens with zero attached hydrogens (tertiary/aromatic N) is 1. The van der Waals surface area contributed by atoms with Gasteiger partial charge in [0.1, 0.15) is 0 Å². The van der Waals surface area contributed by atoms with Crippen molar-refractivity contribution in [3.63, 3.8) is 0 Å². The molecule has 6 rings (SSSR count). The van der Waals surface area contributed by atoms with Crippen LogP contribution in [-0.2, 0) is 9.59 Å². The normalized spacial score (nSPS) is 46.5. The number of likely N-dealkylation sites (tertiary alicyclic amines) is 1. The van der Waals surface area contributed by atoms with Crippen molar-refractivity contribution in [2.75, 3.05) is 6.54 Å². The molecule has 24 heavy (non-hydrogen) atoms. The van der Waals surface area contributed by atoms with Gasteiger partial charge < -0.3 is 0 Å². The molecule has 4 saturated carbocycles. The highest BCUT2D eigenvalue weighted by atomic mass is 16.2. The molecule has 0 aromatic carbocycles. The van der Waals surface area contributed by atoms with Crippen molar-refractivity contribution >= 4 is 11.8 Å². The van der Waals surface area contributed by atoms with E-state index in [0.717, 1.165) is 37.0 Å². The summed E-state index contributed by atoms with van der Waals surface area (Å²) >= 11 is 0. The molecule has 1 saturated heterocycles. The molecule has 2 atom stereocenters. The molecular weight excluding hydrogens is 298 g/mol. The number of allylic oxidation sites excluding steroid dienone is 2. The van der Waals surface area contributed by atoms with Gasteiger partial charge in [0, 0.05) is 6.54 Å². The van der Waals surface area contributed by atoms with Crippen LogP contribution < -0.4 is 0 Å². The SMILES string of the molecule is CC1=CCC2C(=O)N(CCC34CC5CC(CC(C5)C3)C4)C(=O)C2C1. The standard InChI is InChI=1S/C21H29NO2/c1-13-2-3-17-18(6-13)20(24)22(19(17)23)5-4-21-10-14-7-15(11-21)9-16(8-14)12-21/h2,14-18H,3-12H2,1H3. The van der Waals surface area contributed by atoms with Crippen LogP contribution in [0.25, 0.3) is 0 Å². The van der Waals surface area contributed by atoms with E-state index >= 15 is 0 Å². The molecule has 2 amide bonds. The van der Waals surface area contributed by atoms with E-state index in [4.69, 9.17) is 0 Å². The maximum Gasteiger partial charge on any atom is 0.233 e. The maximum atomic E-state index is 12.8. The second-order valence-electron chi connectivity index (χ2n) is 9.70. The van der Waals surface area contributed by atoms with Crippen LogP contribution in [0.4, 0.5) is 0 Å². The van der Waals surface area contributed by atoms with E-state index < -0.39 is 0 Å². The fourth-order valence-corrected chi connectivity index (χ4v) is 7.27. The Morgan fingerprint density at radius 3 is 2.21 bits per heavy atom. The smallest absolute Gasteiger partial charge is 0.233 e. The minimum atomic E-state index is -0.0578.